The summed E-state index contributed by atoms with van der Waals surface area (Å²) in [6.07, 6.45) is 0. The molecular weight excluding hydrogens is 659 g/mol. The van der Waals surface area contributed by atoms with E-state index in [0.717, 1.165) is 61.8 Å². The van der Waals surface area contributed by atoms with Crippen LogP contribution in [0.5, 0.6) is 23.0 Å². The first-order valence-electron chi connectivity index (χ1n) is 18.1. The van der Waals surface area contributed by atoms with E-state index in [9.17, 15) is 0 Å². The highest BCUT2D eigenvalue weighted by Gasteiger charge is 2.40. The quantitative estimate of drug-likeness (QED) is 0.173. The molecule has 0 saturated heterocycles. The van der Waals surface area contributed by atoms with Crippen molar-refractivity contribution in [3.63, 3.8) is 0 Å². The van der Waals surface area contributed by atoms with Crippen LogP contribution in [-0.4, -0.2) is 15.8 Å². The summed E-state index contributed by atoms with van der Waals surface area (Å²) in [7, 11) is 0. The fourth-order valence-corrected chi connectivity index (χ4v) is 8.95. The average Bonchev–Trinajstić information content (AvgIpc) is 3.73. The van der Waals surface area contributed by atoms with Gasteiger partial charge in [0.25, 0.3) is 6.71 Å². The van der Waals surface area contributed by atoms with Crippen molar-refractivity contribution in [3.8, 4) is 45.5 Å². The van der Waals surface area contributed by atoms with Crippen LogP contribution in [0, 0.1) is 0 Å². The molecule has 0 atom stereocenters. The van der Waals surface area contributed by atoms with Gasteiger partial charge >= 0.3 is 0 Å². The number of nitrogens with zero attached hydrogens (tertiary/aromatic N) is 2. The van der Waals surface area contributed by atoms with Crippen molar-refractivity contribution in [1.29, 1.82) is 0 Å². The van der Waals surface area contributed by atoms with Crippen molar-refractivity contribution in [1.82, 2.24) is 9.13 Å². The first-order valence-corrected chi connectivity index (χ1v) is 18.1. The van der Waals surface area contributed by atoms with Gasteiger partial charge in [-0.3, -0.25) is 0 Å². The van der Waals surface area contributed by atoms with E-state index in [1.807, 2.05) is 12.1 Å². The zero-order chi connectivity index (χ0) is 34.6. The molecule has 4 heterocycles. The summed E-state index contributed by atoms with van der Waals surface area (Å²) in [6.45, 7) is 0.0451. The Morgan fingerprint density at radius 2 is 0.796 bits per heavy atom. The van der Waals surface area contributed by atoms with Crippen molar-refractivity contribution in [3.05, 3.63) is 176 Å². The van der Waals surface area contributed by atoms with E-state index in [0.29, 0.717) is 0 Å². The van der Waals surface area contributed by atoms with Crippen molar-refractivity contribution < 1.29 is 9.47 Å². The molecule has 5 heteroatoms. The third-order valence-electron chi connectivity index (χ3n) is 11.2. The number of para-hydroxylation sites is 5. The summed E-state index contributed by atoms with van der Waals surface area (Å²) in [6, 6.07) is 62.9. The number of fused-ring (bicyclic) bond motifs is 10. The van der Waals surface area contributed by atoms with Gasteiger partial charge < -0.3 is 18.6 Å². The first kappa shape index (κ1) is 30.6. The summed E-state index contributed by atoms with van der Waals surface area (Å²) < 4.78 is 18.1. The van der Waals surface area contributed by atoms with E-state index in [1.165, 1.54) is 43.7 Å². The van der Waals surface area contributed by atoms with Gasteiger partial charge in [-0.15, -0.1) is 0 Å². The van der Waals surface area contributed by atoms with Crippen LogP contribution in [0.2, 0.25) is 0 Å². The Hall–Kier alpha value is -6.98. The molecule has 10 aromatic rings. The molecule has 12 rings (SSSR count). The molecule has 4 nitrogen and oxygen atoms in total. The van der Waals surface area contributed by atoms with Crippen molar-refractivity contribution in [2.24, 2.45) is 0 Å². The number of rotatable bonds is 3. The molecule has 8 aromatic carbocycles. The second-order valence-electron chi connectivity index (χ2n) is 14.1. The molecule has 0 fully saturated rings. The van der Waals surface area contributed by atoms with Crippen molar-refractivity contribution >= 4 is 66.7 Å². The fraction of sp³-hybridized carbons (Fsp3) is 0.0204. The smallest absolute Gasteiger partial charge is 0.260 e. The van der Waals surface area contributed by atoms with Crippen LogP contribution in [0.3, 0.4) is 0 Å². The van der Waals surface area contributed by atoms with E-state index < -0.39 is 0 Å². The Labute approximate surface area is 313 Å². The lowest BCUT2D eigenvalue weighted by atomic mass is 9.35. The van der Waals surface area contributed by atoms with Gasteiger partial charge in [-0.2, -0.15) is 0 Å². The van der Waals surface area contributed by atoms with Gasteiger partial charge in [0, 0.05) is 44.8 Å². The highest BCUT2D eigenvalue weighted by Crippen LogP contribution is 2.41. The van der Waals surface area contributed by atoms with E-state index in [4.69, 9.17) is 9.47 Å². The third kappa shape index (κ3) is 4.27. The maximum atomic E-state index is 6.68. The van der Waals surface area contributed by atoms with Crippen LogP contribution in [0.25, 0.3) is 66.1 Å². The van der Waals surface area contributed by atoms with Crippen LogP contribution in [-0.2, 0) is 0 Å². The number of hydrogen-bond donors (Lipinski definition) is 0. The second kappa shape index (κ2) is 11.5. The largest absolute Gasteiger partial charge is 0.458 e. The normalized spacial score (nSPS) is 12.6. The molecule has 0 unspecified atom stereocenters. The predicted molar refractivity (Wildman–Crippen MR) is 225 cm³/mol. The predicted octanol–water partition coefficient (Wildman–Crippen LogP) is 10.9. The summed E-state index contributed by atoms with van der Waals surface area (Å²) in [5.74, 6) is 3.45. The average molecular weight is 693 g/mol. The van der Waals surface area contributed by atoms with Crippen LogP contribution < -0.4 is 25.9 Å². The van der Waals surface area contributed by atoms with E-state index in [-0.39, 0.29) is 14.1 Å². The van der Waals surface area contributed by atoms with E-state index in [2.05, 4.69) is 173 Å². The maximum absolute atomic E-state index is 6.68. The third-order valence-corrected chi connectivity index (χ3v) is 11.2. The monoisotopic (exact) mass is 692 g/mol. The summed E-state index contributed by atoms with van der Waals surface area (Å²) in [4.78, 5) is 0. The lowest BCUT2D eigenvalue weighted by molar-refractivity contribution is 0.464. The van der Waals surface area contributed by atoms with E-state index in [1.54, 1.807) is 0 Å². The van der Waals surface area contributed by atoms with E-state index >= 15 is 0 Å². The Kier molecular flexibility index (Phi) is 6.53. The summed E-state index contributed by atoms with van der Waals surface area (Å²) in [5, 5.41) is 4.90. The molecule has 0 amide bonds. The number of benzene rings is 8. The van der Waals surface area contributed by atoms with Gasteiger partial charge in [-0.1, -0.05) is 111 Å². The standard InChI is InChI=1S/C48H29BN2O2.CH4/c1-2-12-32(13-3-1)50-40-18-8-4-14-34(40)36-26-30(22-24-42(36)50)31-23-25-43-37(27-31)35-15-5-9-19-41(35)51(43)33-28-46-48-47(29-33)53-45-21-11-7-17-39(45)49(48)38-16-6-10-20-44(38)52-46;/h1-29H;1H4. The molecule has 2 aliphatic rings. The Bertz CT molecular complexity index is 3070. The van der Waals surface area contributed by atoms with Crippen LogP contribution >= 0.6 is 0 Å². The minimum atomic E-state index is 0. The van der Waals surface area contributed by atoms with Gasteiger partial charge in [0.15, 0.2) is 0 Å². The van der Waals surface area contributed by atoms with Crippen molar-refractivity contribution in [2.75, 3.05) is 0 Å². The number of hydrogen-bond acceptors (Lipinski definition) is 2. The minimum Gasteiger partial charge on any atom is -0.458 e. The zero-order valence-corrected chi connectivity index (χ0v) is 28.5. The SMILES string of the molecule is C.c1ccc(-n2c3ccccc3c3cc(-c4ccc5c(c4)c4ccccc4n5-c4cc5c6c(c4)Oc4ccccc4B6c4ccccc4O5)ccc32)cc1. The molecule has 0 radical (unpaired) electrons. The molecule has 0 bridgehead atoms. The molecule has 0 N–H and O–H groups in total. The number of aromatic nitrogens is 2. The minimum absolute atomic E-state index is 0. The number of ether oxygens (including phenoxy) is 2. The topological polar surface area (TPSA) is 28.3 Å². The Morgan fingerprint density at radius 3 is 1.35 bits per heavy atom. The molecular formula is C49H33BN2O2. The van der Waals surface area contributed by atoms with Gasteiger partial charge in [0.1, 0.15) is 23.0 Å². The Balaban J connectivity index is 0.00000341. The molecule has 2 aromatic heterocycles. The van der Waals surface area contributed by atoms with Gasteiger partial charge in [-0.25, -0.2) is 0 Å². The lowest BCUT2D eigenvalue weighted by Crippen LogP contribution is -2.57. The second-order valence-corrected chi connectivity index (χ2v) is 14.1. The molecule has 254 valence electrons. The lowest BCUT2D eigenvalue weighted by Gasteiger charge is -2.33. The highest BCUT2D eigenvalue weighted by molar-refractivity contribution is 6.98. The van der Waals surface area contributed by atoms with Crippen molar-refractivity contribution in [2.45, 2.75) is 7.43 Å². The fourth-order valence-electron chi connectivity index (χ4n) is 8.95. The van der Waals surface area contributed by atoms with Gasteiger partial charge in [0.05, 0.1) is 27.8 Å². The van der Waals surface area contributed by atoms with Gasteiger partial charge in [0.2, 0.25) is 0 Å². The van der Waals surface area contributed by atoms with Gasteiger partial charge in [-0.05, 0) is 82.7 Å². The molecule has 0 saturated carbocycles. The van der Waals surface area contributed by atoms with Crippen LogP contribution in [0.1, 0.15) is 7.43 Å². The maximum Gasteiger partial charge on any atom is 0.260 e. The summed E-state index contributed by atoms with van der Waals surface area (Å²) in [5.41, 5.74) is 12.6. The van der Waals surface area contributed by atoms with Crippen LogP contribution in [0.15, 0.2) is 176 Å². The molecule has 54 heavy (non-hydrogen) atoms. The summed E-state index contributed by atoms with van der Waals surface area (Å²) >= 11 is 0. The first-order chi connectivity index (χ1) is 26.3. The zero-order valence-electron chi connectivity index (χ0n) is 28.5. The molecule has 0 aliphatic carbocycles. The molecule has 2 aliphatic heterocycles. The Morgan fingerprint density at radius 1 is 0.352 bits per heavy atom. The van der Waals surface area contributed by atoms with Crippen LogP contribution in [0.4, 0.5) is 0 Å². The molecule has 0 spiro atoms. The highest BCUT2D eigenvalue weighted by atomic mass is 16.5.